The molecule has 3 aliphatic rings. The minimum Gasteiger partial charge on any atom is -0.478 e. The maximum absolute atomic E-state index is 14.9. The lowest BCUT2D eigenvalue weighted by atomic mass is 9.88. The molecule has 9 heteroatoms. The first kappa shape index (κ1) is 27.0. The number of imidazole rings is 1. The molecule has 8 nitrogen and oxygen atoms in total. The van der Waals surface area contributed by atoms with E-state index in [9.17, 15) is 14.4 Å². The van der Waals surface area contributed by atoms with E-state index in [1.165, 1.54) is 6.07 Å². The fourth-order valence-corrected chi connectivity index (χ4v) is 5.96. The summed E-state index contributed by atoms with van der Waals surface area (Å²) in [6.45, 7) is 6.43. The summed E-state index contributed by atoms with van der Waals surface area (Å²) in [5.74, 6) is -0.192. The zero-order valence-electron chi connectivity index (χ0n) is 23.3. The van der Waals surface area contributed by atoms with Gasteiger partial charge in [0.05, 0.1) is 35.5 Å². The van der Waals surface area contributed by atoms with Crippen molar-refractivity contribution in [3.8, 4) is 17.6 Å². The first-order valence-electron chi connectivity index (χ1n) is 14.1. The topological polar surface area (TPSA) is 101 Å². The predicted molar refractivity (Wildman–Crippen MR) is 150 cm³/mol. The van der Waals surface area contributed by atoms with E-state index in [1.807, 2.05) is 29.7 Å². The van der Waals surface area contributed by atoms with Crippen LogP contribution in [0.15, 0.2) is 48.7 Å². The van der Waals surface area contributed by atoms with Crippen LogP contribution in [0.5, 0.6) is 11.5 Å². The van der Waals surface area contributed by atoms with Gasteiger partial charge in [-0.05, 0) is 81.5 Å². The van der Waals surface area contributed by atoms with E-state index in [1.54, 1.807) is 25.3 Å². The average Bonchev–Trinajstić information content (AvgIpc) is 3.50. The van der Waals surface area contributed by atoms with Gasteiger partial charge in [-0.2, -0.15) is 5.26 Å². The molecule has 1 saturated carbocycles. The minimum atomic E-state index is -1.23. The summed E-state index contributed by atoms with van der Waals surface area (Å²) in [6, 6.07) is 13.4. The highest BCUT2D eigenvalue weighted by Gasteiger charge is 2.45. The van der Waals surface area contributed by atoms with Gasteiger partial charge in [0.25, 0.3) is 5.79 Å². The second kappa shape index (κ2) is 10.3. The number of carbonyl (C=O) groups is 1. The quantitative estimate of drug-likeness (QED) is 0.352. The van der Waals surface area contributed by atoms with Crippen molar-refractivity contribution in [1.82, 2.24) is 14.5 Å². The Morgan fingerprint density at radius 2 is 2.02 bits per heavy atom. The summed E-state index contributed by atoms with van der Waals surface area (Å²) >= 11 is 0. The largest absolute Gasteiger partial charge is 0.478 e. The summed E-state index contributed by atoms with van der Waals surface area (Å²) < 4.78 is 29.4. The molecule has 0 spiro atoms. The molecular formula is C32H33FN4O4. The maximum Gasteiger partial charge on any atom is 0.328 e. The third-order valence-electron chi connectivity index (χ3n) is 8.53. The number of aliphatic carboxylic acids is 1. The SMILES string of the molecule is Cc1ccc(C2(C)Oc3cccc(C4CCN(Cc5ncc(/C=C/C(=O)O)n5CC5(C#N)CC5)CC4)c3O2)c(F)c1. The zero-order valence-corrected chi connectivity index (χ0v) is 23.3. The Balaban J connectivity index is 1.16. The van der Waals surface area contributed by atoms with Gasteiger partial charge >= 0.3 is 5.97 Å². The van der Waals surface area contributed by atoms with Gasteiger partial charge in [-0.3, -0.25) is 4.90 Å². The zero-order chi connectivity index (χ0) is 28.8. The molecule has 41 heavy (non-hydrogen) atoms. The summed E-state index contributed by atoms with van der Waals surface area (Å²) in [7, 11) is 0. The van der Waals surface area contributed by atoms with Crippen molar-refractivity contribution in [2.75, 3.05) is 13.1 Å². The number of carboxylic acid groups (broad SMARTS) is 1. The number of fused-ring (bicyclic) bond motifs is 1. The van der Waals surface area contributed by atoms with Crippen molar-refractivity contribution in [3.63, 3.8) is 0 Å². The molecule has 1 saturated heterocycles. The number of para-hydroxylation sites is 1. The lowest BCUT2D eigenvalue weighted by molar-refractivity contribution is -0.131. The van der Waals surface area contributed by atoms with Crippen LogP contribution in [0.4, 0.5) is 4.39 Å². The van der Waals surface area contributed by atoms with Gasteiger partial charge < -0.3 is 19.1 Å². The highest BCUT2D eigenvalue weighted by atomic mass is 19.1. The Labute approximate surface area is 238 Å². The normalized spacial score (nSPS) is 21.7. The summed E-state index contributed by atoms with van der Waals surface area (Å²) in [6.07, 6.45) is 7.85. The molecule has 3 heterocycles. The van der Waals surface area contributed by atoms with Crippen LogP contribution >= 0.6 is 0 Å². The molecule has 1 aliphatic carbocycles. The van der Waals surface area contributed by atoms with E-state index in [0.29, 0.717) is 35.8 Å². The number of halogens is 1. The number of ether oxygens (including phenoxy) is 2. The second-order valence-corrected chi connectivity index (χ2v) is 11.6. The van der Waals surface area contributed by atoms with Gasteiger partial charge in [0.2, 0.25) is 0 Å². The van der Waals surface area contributed by atoms with E-state index in [-0.39, 0.29) is 17.2 Å². The first-order valence-corrected chi connectivity index (χ1v) is 14.1. The van der Waals surface area contributed by atoms with Crippen LogP contribution in [0, 0.1) is 29.5 Å². The molecule has 3 aromatic rings. The lowest BCUT2D eigenvalue weighted by Gasteiger charge is -2.32. The van der Waals surface area contributed by atoms with Gasteiger partial charge in [-0.15, -0.1) is 0 Å². The molecule has 0 radical (unpaired) electrons. The molecule has 1 N–H and O–H groups in total. The minimum absolute atomic E-state index is 0.261. The van der Waals surface area contributed by atoms with Crippen LogP contribution in [0.1, 0.15) is 66.7 Å². The van der Waals surface area contributed by atoms with Crippen molar-refractivity contribution in [3.05, 3.63) is 82.7 Å². The molecule has 0 amide bonds. The predicted octanol–water partition coefficient (Wildman–Crippen LogP) is 5.76. The number of rotatable bonds is 8. The maximum atomic E-state index is 14.9. The fourth-order valence-electron chi connectivity index (χ4n) is 5.96. The molecule has 2 aliphatic heterocycles. The molecule has 2 aromatic carbocycles. The van der Waals surface area contributed by atoms with Crippen molar-refractivity contribution >= 4 is 12.0 Å². The van der Waals surface area contributed by atoms with Gasteiger partial charge in [0.1, 0.15) is 11.6 Å². The number of hydrogen-bond donors (Lipinski definition) is 1. The van der Waals surface area contributed by atoms with Crippen LogP contribution < -0.4 is 9.47 Å². The first-order chi connectivity index (χ1) is 19.7. The Morgan fingerprint density at radius 3 is 2.71 bits per heavy atom. The molecule has 0 bridgehead atoms. The number of nitrogens with zero attached hydrogens (tertiary/aromatic N) is 4. The Morgan fingerprint density at radius 1 is 1.24 bits per heavy atom. The lowest BCUT2D eigenvalue weighted by Crippen LogP contribution is -2.34. The Bertz CT molecular complexity index is 1560. The molecule has 1 aromatic heterocycles. The van der Waals surface area contributed by atoms with Crippen molar-refractivity contribution in [1.29, 1.82) is 5.26 Å². The van der Waals surface area contributed by atoms with Crippen LogP contribution in [-0.4, -0.2) is 38.6 Å². The molecule has 1 atom stereocenters. The highest BCUT2D eigenvalue weighted by Crippen LogP contribution is 2.50. The smallest absolute Gasteiger partial charge is 0.328 e. The number of aromatic nitrogens is 2. The number of nitriles is 1. The third-order valence-corrected chi connectivity index (χ3v) is 8.53. The van der Waals surface area contributed by atoms with Crippen LogP contribution in [0.25, 0.3) is 6.08 Å². The third kappa shape index (κ3) is 5.32. The van der Waals surface area contributed by atoms with E-state index < -0.39 is 11.8 Å². The number of hydrogen-bond acceptors (Lipinski definition) is 6. The van der Waals surface area contributed by atoms with Gasteiger partial charge in [0, 0.05) is 25.1 Å². The summed E-state index contributed by atoms with van der Waals surface area (Å²) in [4.78, 5) is 18.1. The second-order valence-electron chi connectivity index (χ2n) is 11.6. The van der Waals surface area contributed by atoms with E-state index in [2.05, 4.69) is 22.0 Å². The number of carboxylic acids is 1. The fraction of sp³-hybridized carbons (Fsp3) is 0.406. The Kier molecular flexibility index (Phi) is 6.82. The molecule has 6 rings (SSSR count). The van der Waals surface area contributed by atoms with E-state index in [4.69, 9.17) is 14.6 Å². The summed E-state index contributed by atoms with van der Waals surface area (Å²) in [5, 5.41) is 18.8. The van der Waals surface area contributed by atoms with Crippen LogP contribution in [-0.2, 0) is 23.7 Å². The number of likely N-dealkylation sites (tertiary alicyclic amines) is 1. The molecule has 1 unspecified atom stereocenters. The highest BCUT2D eigenvalue weighted by molar-refractivity contribution is 5.84. The number of aryl methyl sites for hydroxylation is 1. The monoisotopic (exact) mass is 556 g/mol. The van der Waals surface area contributed by atoms with Crippen molar-refractivity contribution in [2.24, 2.45) is 5.41 Å². The number of piperidine rings is 1. The standard InChI is InChI=1S/C32H33FN4O4/c1-21-6-8-25(26(33)16-21)31(2)40-27-5-3-4-24(30(27)41-31)22-10-14-36(15-11-22)18-28-35-17-23(7-9-29(38)39)37(28)20-32(19-34)12-13-32/h3-9,16-17,22H,10-15,18,20H2,1-2H3,(H,38,39)/b9-7+. The summed E-state index contributed by atoms with van der Waals surface area (Å²) in [5.41, 5.74) is 2.59. The van der Waals surface area contributed by atoms with Crippen LogP contribution in [0.3, 0.4) is 0 Å². The van der Waals surface area contributed by atoms with E-state index >= 15 is 0 Å². The molecule has 2 fully saturated rings. The van der Waals surface area contributed by atoms with Gasteiger partial charge in [0.15, 0.2) is 11.5 Å². The molecular weight excluding hydrogens is 523 g/mol. The van der Waals surface area contributed by atoms with E-state index in [0.717, 1.165) is 61.8 Å². The number of benzene rings is 2. The molecule has 212 valence electrons. The van der Waals surface area contributed by atoms with Gasteiger partial charge in [-0.25, -0.2) is 14.2 Å². The Hall–Kier alpha value is -4.16. The van der Waals surface area contributed by atoms with Gasteiger partial charge in [-0.1, -0.05) is 18.2 Å². The van der Waals surface area contributed by atoms with Crippen molar-refractivity contribution < 1.29 is 23.8 Å². The van der Waals surface area contributed by atoms with Crippen LogP contribution in [0.2, 0.25) is 0 Å². The average molecular weight is 557 g/mol. The van der Waals surface area contributed by atoms with Crippen molar-refractivity contribution in [2.45, 2.75) is 64.3 Å².